The summed E-state index contributed by atoms with van der Waals surface area (Å²) in [5.74, 6) is -0.135. The van der Waals surface area contributed by atoms with Gasteiger partial charge in [-0.3, -0.25) is 0 Å². The van der Waals surface area contributed by atoms with E-state index in [0.717, 1.165) is 19.4 Å². The van der Waals surface area contributed by atoms with E-state index in [0.29, 0.717) is 11.7 Å². The molecule has 18 heavy (non-hydrogen) atoms. The molecule has 0 aliphatic carbocycles. The van der Waals surface area contributed by atoms with Gasteiger partial charge in [-0.2, -0.15) is 0 Å². The molecule has 1 heterocycles. The highest BCUT2D eigenvalue weighted by atomic mass is 16.4. The zero-order valence-electron chi connectivity index (χ0n) is 10.8. The van der Waals surface area contributed by atoms with E-state index in [9.17, 15) is 4.79 Å². The number of aliphatic hydroxyl groups excluding tert-OH is 1. The predicted octanol–water partition coefficient (Wildman–Crippen LogP) is 2.04. The van der Waals surface area contributed by atoms with Crippen molar-refractivity contribution in [3.63, 3.8) is 0 Å². The van der Waals surface area contributed by atoms with Crippen LogP contribution >= 0.6 is 0 Å². The van der Waals surface area contributed by atoms with Gasteiger partial charge in [-0.1, -0.05) is 6.92 Å². The Balaban J connectivity index is 2.31. The van der Waals surface area contributed by atoms with Crippen LogP contribution in [0.15, 0.2) is 16.5 Å². The molecule has 0 bridgehead atoms. The van der Waals surface area contributed by atoms with Crippen LogP contribution in [0.2, 0.25) is 0 Å². The van der Waals surface area contributed by atoms with Crippen LogP contribution in [-0.2, 0) is 0 Å². The predicted molar refractivity (Wildman–Crippen MR) is 67.6 cm³/mol. The zero-order chi connectivity index (χ0) is 13.5. The molecule has 5 nitrogen and oxygen atoms in total. The molecule has 102 valence electrons. The molecule has 1 aromatic heterocycles. The monoisotopic (exact) mass is 255 g/mol. The number of nitrogens with one attached hydrogen (secondary N) is 1. The van der Waals surface area contributed by atoms with E-state index in [1.165, 1.54) is 6.07 Å². The van der Waals surface area contributed by atoms with Gasteiger partial charge < -0.3 is 19.9 Å². The van der Waals surface area contributed by atoms with Gasteiger partial charge in [0.25, 0.3) is 0 Å². The molecule has 0 spiro atoms. The molecular formula is C13H21NO4. The van der Waals surface area contributed by atoms with Crippen molar-refractivity contribution in [1.29, 1.82) is 0 Å². The average Bonchev–Trinajstić information content (AvgIpc) is 2.83. The number of hydrogen-bond donors (Lipinski definition) is 3. The van der Waals surface area contributed by atoms with Crippen LogP contribution in [0.5, 0.6) is 0 Å². The Hall–Kier alpha value is -1.33. The Bertz CT molecular complexity index is 375. The van der Waals surface area contributed by atoms with E-state index in [2.05, 4.69) is 5.32 Å². The summed E-state index contributed by atoms with van der Waals surface area (Å²) in [6.07, 6.45) is 1.94. The molecule has 0 radical (unpaired) electrons. The standard InChI is InChI=1S/C13H21NO4/c1-9(8-15)4-3-7-14-10(2)11-5-6-12(18-11)13(16)17/h5-6,9-10,14-15H,3-4,7-8H2,1-2H3,(H,16,17). The van der Waals surface area contributed by atoms with Crippen molar-refractivity contribution in [2.24, 2.45) is 5.92 Å². The largest absolute Gasteiger partial charge is 0.475 e. The number of furan rings is 1. The van der Waals surface area contributed by atoms with Gasteiger partial charge in [-0.05, 0) is 44.4 Å². The van der Waals surface area contributed by atoms with Crippen LogP contribution in [0, 0.1) is 5.92 Å². The van der Waals surface area contributed by atoms with Crippen LogP contribution in [0.1, 0.15) is 49.0 Å². The maximum Gasteiger partial charge on any atom is 0.371 e. The lowest BCUT2D eigenvalue weighted by atomic mass is 10.1. The first-order valence-corrected chi connectivity index (χ1v) is 6.21. The summed E-state index contributed by atoms with van der Waals surface area (Å²) < 4.78 is 5.20. The lowest BCUT2D eigenvalue weighted by Crippen LogP contribution is -2.20. The van der Waals surface area contributed by atoms with Gasteiger partial charge in [0.05, 0.1) is 6.04 Å². The summed E-state index contributed by atoms with van der Waals surface area (Å²) in [7, 11) is 0. The van der Waals surface area contributed by atoms with Crippen LogP contribution < -0.4 is 5.32 Å². The minimum Gasteiger partial charge on any atom is -0.475 e. The van der Waals surface area contributed by atoms with Gasteiger partial charge in [0.15, 0.2) is 0 Å². The smallest absolute Gasteiger partial charge is 0.371 e. The SMILES string of the molecule is CC(CO)CCCNC(C)c1ccc(C(=O)O)o1. The highest BCUT2D eigenvalue weighted by molar-refractivity contribution is 5.84. The van der Waals surface area contributed by atoms with E-state index < -0.39 is 5.97 Å². The van der Waals surface area contributed by atoms with E-state index in [4.69, 9.17) is 14.6 Å². The van der Waals surface area contributed by atoms with Gasteiger partial charge in [-0.25, -0.2) is 4.79 Å². The summed E-state index contributed by atoms with van der Waals surface area (Å²) in [5, 5.41) is 20.9. The molecule has 0 amide bonds. The molecule has 3 N–H and O–H groups in total. The Morgan fingerprint density at radius 3 is 2.72 bits per heavy atom. The van der Waals surface area contributed by atoms with E-state index >= 15 is 0 Å². The Labute approximate surface area is 107 Å². The average molecular weight is 255 g/mol. The highest BCUT2D eigenvalue weighted by Crippen LogP contribution is 2.16. The first kappa shape index (κ1) is 14.7. The number of aromatic carboxylic acids is 1. The van der Waals surface area contributed by atoms with E-state index in [-0.39, 0.29) is 18.4 Å². The quantitative estimate of drug-likeness (QED) is 0.619. The first-order chi connectivity index (χ1) is 8.54. The van der Waals surface area contributed by atoms with Crippen molar-refractivity contribution in [1.82, 2.24) is 5.32 Å². The number of aliphatic hydroxyl groups is 1. The van der Waals surface area contributed by atoms with Crippen molar-refractivity contribution >= 4 is 5.97 Å². The Kier molecular flexibility index (Phi) is 5.88. The normalized spacial score (nSPS) is 14.4. The summed E-state index contributed by atoms with van der Waals surface area (Å²) in [6.45, 7) is 4.97. The first-order valence-electron chi connectivity index (χ1n) is 6.21. The number of carboxylic acid groups (broad SMARTS) is 1. The van der Waals surface area contributed by atoms with Crippen molar-refractivity contribution in [2.75, 3.05) is 13.2 Å². The molecule has 0 aromatic carbocycles. The molecular weight excluding hydrogens is 234 g/mol. The van der Waals surface area contributed by atoms with Crippen LogP contribution in [-0.4, -0.2) is 29.3 Å². The maximum absolute atomic E-state index is 10.7. The summed E-state index contributed by atoms with van der Waals surface area (Å²) in [6, 6.07) is 3.13. The third kappa shape index (κ3) is 4.50. The van der Waals surface area contributed by atoms with E-state index in [1.807, 2.05) is 13.8 Å². The number of carboxylic acids is 1. The van der Waals surface area contributed by atoms with Crippen molar-refractivity contribution in [3.05, 3.63) is 23.7 Å². The molecule has 0 fully saturated rings. The molecule has 0 aliphatic heterocycles. The molecule has 0 saturated heterocycles. The van der Waals surface area contributed by atoms with Gasteiger partial charge in [0.2, 0.25) is 5.76 Å². The summed E-state index contributed by atoms with van der Waals surface area (Å²) in [5.41, 5.74) is 0. The maximum atomic E-state index is 10.7. The molecule has 0 aliphatic rings. The second-order valence-electron chi connectivity index (χ2n) is 4.61. The third-order valence-electron chi connectivity index (χ3n) is 2.90. The fourth-order valence-corrected chi connectivity index (χ4v) is 1.66. The van der Waals surface area contributed by atoms with Crippen LogP contribution in [0.4, 0.5) is 0 Å². The minimum atomic E-state index is -1.05. The number of hydrogen-bond acceptors (Lipinski definition) is 4. The van der Waals surface area contributed by atoms with Crippen molar-refractivity contribution in [2.45, 2.75) is 32.7 Å². The molecule has 2 atom stereocenters. The lowest BCUT2D eigenvalue weighted by Gasteiger charge is -2.12. The molecule has 1 aromatic rings. The van der Waals surface area contributed by atoms with Crippen LogP contribution in [0.25, 0.3) is 0 Å². The minimum absolute atomic E-state index is 0.0115. The molecule has 1 rings (SSSR count). The summed E-state index contributed by atoms with van der Waals surface area (Å²) >= 11 is 0. The topological polar surface area (TPSA) is 82.7 Å². The zero-order valence-corrected chi connectivity index (χ0v) is 10.8. The Morgan fingerprint density at radius 2 is 2.17 bits per heavy atom. The Morgan fingerprint density at radius 1 is 1.44 bits per heavy atom. The van der Waals surface area contributed by atoms with E-state index in [1.54, 1.807) is 6.07 Å². The second-order valence-corrected chi connectivity index (χ2v) is 4.61. The third-order valence-corrected chi connectivity index (χ3v) is 2.90. The molecule has 5 heteroatoms. The van der Waals surface area contributed by atoms with Gasteiger partial charge in [-0.15, -0.1) is 0 Å². The molecule has 0 saturated carbocycles. The summed E-state index contributed by atoms with van der Waals surface area (Å²) in [4.78, 5) is 10.7. The van der Waals surface area contributed by atoms with Crippen LogP contribution in [0.3, 0.4) is 0 Å². The van der Waals surface area contributed by atoms with Gasteiger partial charge in [0.1, 0.15) is 5.76 Å². The number of rotatable bonds is 8. The lowest BCUT2D eigenvalue weighted by molar-refractivity contribution is 0.0659. The fourth-order valence-electron chi connectivity index (χ4n) is 1.66. The second kappa shape index (κ2) is 7.18. The van der Waals surface area contributed by atoms with Crippen molar-refractivity contribution in [3.8, 4) is 0 Å². The highest BCUT2D eigenvalue weighted by Gasteiger charge is 2.13. The number of carbonyl (C=O) groups is 1. The molecule has 2 unspecified atom stereocenters. The van der Waals surface area contributed by atoms with Crippen molar-refractivity contribution < 1.29 is 19.4 Å². The van der Waals surface area contributed by atoms with Gasteiger partial charge >= 0.3 is 5.97 Å². The fraction of sp³-hybridized carbons (Fsp3) is 0.615. The van der Waals surface area contributed by atoms with Gasteiger partial charge in [0, 0.05) is 6.61 Å².